The van der Waals surface area contributed by atoms with Crippen LogP contribution in [0.4, 0.5) is 0 Å². The molecular formula is C19H16N4O3. The van der Waals surface area contributed by atoms with Crippen molar-refractivity contribution in [3.05, 3.63) is 105 Å². The summed E-state index contributed by atoms with van der Waals surface area (Å²) in [4.78, 5) is 41.3. The number of rotatable bonds is 6. The van der Waals surface area contributed by atoms with Crippen molar-refractivity contribution < 1.29 is 4.79 Å². The smallest absolute Gasteiger partial charge is 0.263 e. The van der Waals surface area contributed by atoms with E-state index in [1.165, 1.54) is 0 Å². The number of nitrogens with zero attached hydrogens (tertiary/aromatic N) is 2. The average molecular weight is 348 g/mol. The van der Waals surface area contributed by atoms with Gasteiger partial charge >= 0.3 is 0 Å². The van der Waals surface area contributed by atoms with Gasteiger partial charge in [0.1, 0.15) is 17.9 Å². The Morgan fingerprint density at radius 2 is 1.62 bits per heavy atom. The first kappa shape index (κ1) is 17.2. The minimum absolute atomic E-state index is 0.115. The summed E-state index contributed by atoms with van der Waals surface area (Å²) in [5.74, 6) is -0.439. The monoisotopic (exact) mass is 348 g/mol. The fourth-order valence-electron chi connectivity index (χ4n) is 2.59. The van der Waals surface area contributed by atoms with E-state index in [0.29, 0.717) is 0 Å². The lowest BCUT2D eigenvalue weighted by atomic mass is 9.98. The van der Waals surface area contributed by atoms with Gasteiger partial charge in [0.2, 0.25) is 0 Å². The van der Waals surface area contributed by atoms with Crippen molar-refractivity contribution in [3.8, 4) is 0 Å². The van der Waals surface area contributed by atoms with E-state index in [4.69, 9.17) is 0 Å². The summed E-state index contributed by atoms with van der Waals surface area (Å²) in [5, 5.41) is 5.54. The summed E-state index contributed by atoms with van der Waals surface area (Å²) >= 11 is 0. The molecule has 3 aromatic rings. The first-order valence-corrected chi connectivity index (χ1v) is 7.97. The molecule has 1 amide bonds. The summed E-state index contributed by atoms with van der Waals surface area (Å²) < 4.78 is 0. The van der Waals surface area contributed by atoms with Gasteiger partial charge in [0.25, 0.3) is 11.5 Å². The number of aromatic amines is 1. The molecule has 0 spiro atoms. The van der Waals surface area contributed by atoms with Crippen molar-refractivity contribution in [2.75, 3.05) is 0 Å². The highest BCUT2D eigenvalue weighted by atomic mass is 16.3. The van der Waals surface area contributed by atoms with Crippen molar-refractivity contribution in [2.24, 2.45) is 5.18 Å². The molecule has 3 rings (SSSR count). The van der Waals surface area contributed by atoms with E-state index in [2.05, 4.69) is 20.5 Å². The van der Waals surface area contributed by atoms with Gasteiger partial charge in [0.05, 0.1) is 6.04 Å². The number of H-pyrrole nitrogens is 1. The maximum absolute atomic E-state index is 12.6. The van der Waals surface area contributed by atoms with Gasteiger partial charge in [-0.15, -0.1) is 0 Å². The molecule has 0 radical (unpaired) electrons. The topological polar surface area (TPSA) is 104 Å². The van der Waals surface area contributed by atoms with Gasteiger partial charge in [-0.2, -0.15) is 4.91 Å². The zero-order chi connectivity index (χ0) is 18.4. The second-order valence-corrected chi connectivity index (χ2v) is 5.59. The Morgan fingerprint density at radius 3 is 2.12 bits per heavy atom. The fourth-order valence-corrected chi connectivity index (χ4v) is 2.59. The lowest BCUT2D eigenvalue weighted by molar-refractivity contribution is 0.0941. The number of hydrogen-bond donors (Lipinski definition) is 2. The van der Waals surface area contributed by atoms with Gasteiger partial charge in [-0.25, -0.2) is 4.98 Å². The molecule has 2 N–H and O–H groups in total. The second kappa shape index (κ2) is 7.98. The Kier molecular flexibility index (Phi) is 5.28. The van der Waals surface area contributed by atoms with E-state index in [-0.39, 0.29) is 17.9 Å². The minimum atomic E-state index is -0.615. The van der Waals surface area contributed by atoms with Gasteiger partial charge in [-0.05, 0) is 11.1 Å². The van der Waals surface area contributed by atoms with Crippen LogP contribution in [0.5, 0.6) is 0 Å². The molecule has 2 aromatic carbocycles. The summed E-state index contributed by atoms with van der Waals surface area (Å²) in [6, 6.07) is 18.5. The van der Waals surface area contributed by atoms with Crippen molar-refractivity contribution in [3.63, 3.8) is 0 Å². The van der Waals surface area contributed by atoms with Crippen LogP contribution in [0.1, 0.15) is 33.4 Å². The Bertz CT molecular complexity index is 916. The van der Waals surface area contributed by atoms with Crippen molar-refractivity contribution in [1.29, 1.82) is 0 Å². The number of carbonyl (C=O) groups is 1. The predicted octanol–water partition coefficient (Wildman–Crippen LogP) is 2.56. The number of nitroso groups, excluding NO2 is 1. The van der Waals surface area contributed by atoms with E-state index in [0.717, 1.165) is 17.3 Å². The SMILES string of the molecule is O=NCc1ncc(C(=O)NC(c2ccccc2)c2ccccc2)c(=O)[nH]1. The molecule has 7 nitrogen and oxygen atoms in total. The molecule has 0 fully saturated rings. The van der Waals surface area contributed by atoms with Gasteiger partial charge in [-0.3, -0.25) is 9.59 Å². The molecule has 0 saturated carbocycles. The second-order valence-electron chi connectivity index (χ2n) is 5.59. The molecule has 26 heavy (non-hydrogen) atoms. The van der Waals surface area contributed by atoms with Crippen LogP contribution >= 0.6 is 0 Å². The van der Waals surface area contributed by atoms with E-state index in [9.17, 15) is 14.5 Å². The van der Waals surface area contributed by atoms with Gasteiger partial charge in [0, 0.05) is 6.20 Å². The van der Waals surface area contributed by atoms with Crippen LogP contribution < -0.4 is 10.9 Å². The van der Waals surface area contributed by atoms with Crippen LogP contribution in [0.25, 0.3) is 0 Å². The molecule has 0 saturated heterocycles. The van der Waals surface area contributed by atoms with Crippen molar-refractivity contribution in [1.82, 2.24) is 15.3 Å². The molecule has 0 aliphatic rings. The van der Waals surface area contributed by atoms with Crippen LogP contribution in [0.3, 0.4) is 0 Å². The fraction of sp³-hybridized carbons (Fsp3) is 0.105. The van der Waals surface area contributed by atoms with Crippen LogP contribution in [-0.4, -0.2) is 15.9 Å². The lowest BCUT2D eigenvalue weighted by Gasteiger charge is -2.19. The zero-order valence-electron chi connectivity index (χ0n) is 13.8. The maximum atomic E-state index is 12.6. The number of amides is 1. The van der Waals surface area contributed by atoms with E-state index < -0.39 is 17.5 Å². The Hall–Kier alpha value is -3.61. The molecule has 1 aromatic heterocycles. The van der Waals surface area contributed by atoms with Gasteiger partial charge < -0.3 is 10.3 Å². The highest BCUT2D eigenvalue weighted by Crippen LogP contribution is 2.22. The molecule has 130 valence electrons. The predicted molar refractivity (Wildman–Crippen MR) is 96.5 cm³/mol. The minimum Gasteiger partial charge on any atom is -0.341 e. The summed E-state index contributed by atoms with van der Waals surface area (Å²) in [5.41, 5.74) is 1.03. The molecule has 0 aliphatic heterocycles. The molecule has 7 heteroatoms. The van der Waals surface area contributed by atoms with Crippen LogP contribution in [0.2, 0.25) is 0 Å². The maximum Gasteiger partial charge on any atom is 0.263 e. The van der Waals surface area contributed by atoms with E-state index >= 15 is 0 Å². The van der Waals surface area contributed by atoms with E-state index in [1.54, 1.807) is 0 Å². The largest absolute Gasteiger partial charge is 0.341 e. The lowest BCUT2D eigenvalue weighted by Crippen LogP contribution is -2.34. The van der Waals surface area contributed by atoms with Gasteiger partial charge in [0.15, 0.2) is 0 Å². The van der Waals surface area contributed by atoms with Crippen molar-refractivity contribution >= 4 is 5.91 Å². The standard InChI is InChI=1S/C19H16N4O3/c24-18-15(11-20-16(22-18)12-21-26)19(25)23-17(13-7-3-1-4-8-13)14-9-5-2-6-10-14/h1-11,17H,12H2,(H,23,25)(H,20,22,24). The molecule has 0 atom stereocenters. The zero-order valence-corrected chi connectivity index (χ0v) is 13.8. The molecule has 0 aliphatic carbocycles. The summed E-state index contributed by atoms with van der Waals surface area (Å²) in [6.45, 7) is -0.256. The third kappa shape index (κ3) is 3.89. The first-order valence-electron chi connectivity index (χ1n) is 7.97. The quantitative estimate of drug-likeness (QED) is 0.668. The molecule has 1 heterocycles. The molecular weight excluding hydrogens is 332 g/mol. The third-order valence-electron chi connectivity index (χ3n) is 3.85. The first-order chi connectivity index (χ1) is 12.7. The number of carbonyl (C=O) groups excluding carboxylic acids is 1. The van der Waals surface area contributed by atoms with Gasteiger partial charge in [-0.1, -0.05) is 65.8 Å². The number of nitrogens with one attached hydrogen (secondary N) is 2. The summed E-state index contributed by atoms with van der Waals surface area (Å²) in [7, 11) is 0. The molecule has 0 bridgehead atoms. The third-order valence-corrected chi connectivity index (χ3v) is 3.85. The van der Waals surface area contributed by atoms with Crippen LogP contribution in [-0.2, 0) is 6.54 Å². The van der Waals surface area contributed by atoms with Crippen molar-refractivity contribution in [2.45, 2.75) is 12.6 Å². The average Bonchev–Trinajstić information content (AvgIpc) is 2.68. The highest BCUT2D eigenvalue weighted by molar-refractivity contribution is 5.94. The Labute approximate surface area is 149 Å². The number of hydrogen-bond acceptors (Lipinski definition) is 5. The Morgan fingerprint density at radius 1 is 1.04 bits per heavy atom. The van der Waals surface area contributed by atoms with Crippen LogP contribution in [0, 0.1) is 4.91 Å². The highest BCUT2D eigenvalue weighted by Gasteiger charge is 2.20. The van der Waals surface area contributed by atoms with E-state index in [1.807, 2.05) is 60.7 Å². The summed E-state index contributed by atoms with van der Waals surface area (Å²) in [6.07, 6.45) is 1.15. The number of benzene rings is 2. The number of aromatic nitrogens is 2. The normalized spacial score (nSPS) is 10.5. The molecule has 0 unspecified atom stereocenters. The van der Waals surface area contributed by atoms with Crippen LogP contribution in [0.15, 0.2) is 76.8 Å². The Balaban J connectivity index is 1.91.